The van der Waals surface area contributed by atoms with E-state index in [2.05, 4.69) is 4.98 Å². The van der Waals surface area contributed by atoms with E-state index in [-0.39, 0.29) is 11.5 Å². The SMILES string of the molecule is OC(C1=C(c2ccc(Cl)cc2F)OCC1c1ccc(Cl)s1)c1cccnc1. The maximum Gasteiger partial charge on any atom is 0.135 e. The molecule has 2 aromatic heterocycles. The van der Waals surface area contributed by atoms with Crippen LogP contribution in [0.15, 0.2) is 60.4 Å². The molecule has 7 heteroatoms. The van der Waals surface area contributed by atoms with Gasteiger partial charge in [0.2, 0.25) is 0 Å². The van der Waals surface area contributed by atoms with Gasteiger partial charge in [0.05, 0.1) is 22.4 Å². The monoisotopic (exact) mass is 421 g/mol. The van der Waals surface area contributed by atoms with Crippen LogP contribution in [-0.4, -0.2) is 16.7 Å². The van der Waals surface area contributed by atoms with Crippen molar-refractivity contribution in [2.24, 2.45) is 0 Å². The van der Waals surface area contributed by atoms with Crippen molar-refractivity contribution in [3.8, 4) is 0 Å². The summed E-state index contributed by atoms with van der Waals surface area (Å²) in [5, 5.41) is 11.4. The number of rotatable bonds is 4. The number of hydrogen-bond donors (Lipinski definition) is 1. The molecule has 4 rings (SSSR count). The Balaban J connectivity index is 1.87. The quantitative estimate of drug-likeness (QED) is 0.574. The Bertz CT molecular complexity index is 1010. The summed E-state index contributed by atoms with van der Waals surface area (Å²) < 4.78 is 21.1. The highest BCUT2D eigenvalue weighted by molar-refractivity contribution is 7.16. The molecule has 0 bridgehead atoms. The van der Waals surface area contributed by atoms with E-state index in [0.717, 1.165) is 4.88 Å². The third-order valence-corrected chi connectivity index (χ3v) is 6.02. The van der Waals surface area contributed by atoms with Crippen molar-refractivity contribution in [2.75, 3.05) is 6.61 Å². The van der Waals surface area contributed by atoms with Crippen molar-refractivity contribution in [3.63, 3.8) is 0 Å². The number of aromatic nitrogens is 1. The van der Waals surface area contributed by atoms with E-state index in [0.29, 0.717) is 32.9 Å². The predicted octanol–water partition coefficient (Wildman–Crippen LogP) is 5.85. The normalized spacial score (nSPS) is 17.9. The summed E-state index contributed by atoms with van der Waals surface area (Å²) in [6.45, 7) is 0.293. The van der Waals surface area contributed by atoms with Crippen molar-refractivity contribution in [3.05, 3.63) is 91.6 Å². The maximum absolute atomic E-state index is 14.6. The second-order valence-electron chi connectivity index (χ2n) is 6.10. The van der Waals surface area contributed by atoms with Gasteiger partial charge in [0.15, 0.2) is 0 Å². The van der Waals surface area contributed by atoms with Crippen molar-refractivity contribution in [1.29, 1.82) is 0 Å². The van der Waals surface area contributed by atoms with Crippen LogP contribution < -0.4 is 0 Å². The zero-order valence-corrected chi connectivity index (χ0v) is 16.2. The number of pyridine rings is 1. The van der Waals surface area contributed by atoms with Gasteiger partial charge in [-0.05, 0) is 36.4 Å². The molecule has 0 amide bonds. The molecule has 3 nitrogen and oxygen atoms in total. The molecule has 1 aromatic carbocycles. The molecule has 3 aromatic rings. The fourth-order valence-electron chi connectivity index (χ4n) is 3.19. The second kappa shape index (κ2) is 7.60. The Labute approximate surface area is 169 Å². The highest BCUT2D eigenvalue weighted by atomic mass is 35.5. The minimum absolute atomic E-state index is 0.234. The van der Waals surface area contributed by atoms with Crippen LogP contribution in [0, 0.1) is 5.82 Å². The fourth-order valence-corrected chi connectivity index (χ4v) is 4.51. The largest absolute Gasteiger partial charge is 0.492 e. The smallest absolute Gasteiger partial charge is 0.135 e. The molecule has 1 aliphatic rings. The van der Waals surface area contributed by atoms with Crippen LogP contribution in [0.25, 0.3) is 5.76 Å². The summed E-state index contributed by atoms with van der Waals surface area (Å²) >= 11 is 13.4. The van der Waals surface area contributed by atoms with Gasteiger partial charge < -0.3 is 9.84 Å². The van der Waals surface area contributed by atoms with Crippen LogP contribution >= 0.6 is 34.5 Å². The van der Waals surface area contributed by atoms with E-state index in [1.165, 1.54) is 17.4 Å². The molecular formula is C20H14Cl2FNO2S. The molecule has 0 fully saturated rings. The Morgan fingerprint density at radius 3 is 2.74 bits per heavy atom. The molecule has 1 N–H and O–H groups in total. The third kappa shape index (κ3) is 3.60. The van der Waals surface area contributed by atoms with Crippen LogP contribution in [0.4, 0.5) is 4.39 Å². The summed E-state index contributed by atoms with van der Waals surface area (Å²) in [5.41, 5.74) is 1.46. The molecule has 0 spiro atoms. The highest BCUT2D eigenvalue weighted by Gasteiger charge is 2.36. The van der Waals surface area contributed by atoms with Crippen LogP contribution in [0.5, 0.6) is 0 Å². The van der Waals surface area contributed by atoms with Gasteiger partial charge in [0, 0.05) is 33.4 Å². The van der Waals surface area contributed by atoms with Gasteiger partial charge in [-0.3, -0.25) is 4.98 Å². The number of aliphatic hydroxyl groups is 1. The standard InChI is InChI=1S/C20H14Cl2FNO2S/c21-12-3-4-13(15(23)8-12)20-18(19(25)11-2-1-7-24-9-11)14(10-26-20)16-5-6-17(22)27-16/h1-9,14,19,25H,10H2. The average molecular weight is 422 g/mol. The molecular weight excluding hydrogens is 408 g/mol. The number of aliphatic hydroxyl groups excluding tert-OH is 1. The molecule has 0 aliphatic carbocycles. The summed E-state index contributed by atoms with van der Waals surface area (Å²) in [5.74, 6) is -0.406. The van der Waals surface area contributed by atoms with Gasteiger partial charge in [0.1, 0.15) is 17.7 Å². The number of ether oxygens (including phenoxy) is 1. The van der Waals surface area contributed by atoms with Crippen LogP contribution in [0.3, 0.4) is 0 Å². The lowest BCUT2D eigenvalue weighted by Crippen LogP contribution is -2.10. The second-order valence-corrected chi connectivity index (χ2v) is 8.29. The third-order valence-electron chi connectivity index (χ3n) is 4.44. The first-order valence-electron chi connectivity index (χ1n) is 8.20. The lowest BCUT2D eigenvalue weighted by molar-refractivity contribution is 0.209. The van der Waals surface area contributed by atoms with Crippen LogP contribution in [0.1, 0.15) is 28.0 Å². The van der Waals surface area contributed by atoms with Crippen molar-refractivity contribution >= 4 is 40.3 Å². The summed E-state index contributed by atoms with van der Waals surface area (Å²) in [6, 6.07) is 11.6. The van der Waals surface area contributed by atoms with Crippen molar-refractivity contribution < 1.29 is 14.2 Å². The van der Waals surface area contributed by atoms with Gasteiger partial charge in [-0.2, -0.15) is 0 Å². The molecule has 2 atom stereocenters. The minimum atomic E-state index is -0.989. The predicted molar refractivity (Wildman–Crippen MR) is 106 cm³/mol. The first kappa shape index (κ1) is 18.4. The Morgan fingerprint density at radius 1 is 1.22 bits per heavy atom. The summed E-state index contributed by atoms with van der Waals surface area (Å²) in [6.07, 6.45) is 2.23. The molecule has 2 unspecified atom stereocenters. The Morgan fingerprint density at radius 2 is 2.07 bits per heavy atom. The molecule has 3 heterocycles. The Hall–Kier alpha value is -1.92. The summed E-state index contributed by atoms with van der Waals surface area (Å²) in [7, 11) is 0. The number of nitrogens with zero attached hydrogens (tertiary/aromatic N) is 1. The Kier molecular flexibility index (Phi) is 5.19. The molecule has 0 saturated heterocycles. The van der Waals surface area contributed by atoms with E-state index in [9.17, 15) is 9.50 Å². The lowest BCUT2D eigenvalue weighted by Gasteiger charge is -2.18. The molecule has 0 radical (unpaired) electrons. The molecule has 0 saturated carbocycles. The van der Waals surface area contributed by atoms with Gasteiger partial charge >= 0.3 is 0 Å². The van der Waals surface area contributed by atoms with E-state index in [1.807, 2.05) is 6.07 Å². The summed E-state index contributed by atoms with van der Waals surface area (Å²) in [4.78, 5) is 5.02. The van der Waals surface area contributed by atoms with E-state index in [1.54, 1.807) is 42.7 Å². The minimum Gasteiger partial charge on any atom is -0.492 e. The maximum atomic E-state index is 14.6. The number of thiophene rings is 1. The number of benzene rings is 1. The number of hydrogen-bond acceptors (Lipinski definition) is 4. The van der Waals surface area contributed by atoms with E-state index >= 15 is 0 Å². The van der Waals surface area contributed by atoms with Gasteiger partial charge in [-0.15, -0.1) is 11.3 Å². The first-order chi connectivity index (χ1) is 13.0. The molecule has 27 heavy (non-hydrogen) atoms. The zero-order chi connectivity index (χ0) is 19.0. The van der Waals surface area contributed by atoms with E-state index in [4.69, 9.17) is 27.9 Å². The molecule has 1 aliphatic heterocycles. The van der Waals surface area contributed by atoms with Gasteiger partial charge in [-0.25, -0.2) is 4.39 Å². The van der Waals surface area contributed by atoms with Crippen LogP contribution in [0.2, 0.25) is 9.36 Å². The average Bonchev–Trinajstić information content (AvgIpc) is 3.28. The first-order valence-corrected chi connectivity index (χ1v) is 9.77. The fraction of sp³-hybridized carbons (Fsp3) is 0.150. The van der Waals surface area contributed by atoms with E-state index < -0.39 is 11.9 Å². The van der Waals surface area contributed by atoms with Gasteiger partial charge in [0.25, 0.3) is 0 Å². The van der Waals surface area contributed by atoms with Crippen LogP contribution in [-0.2, 0) is 4.74 Å². The number of halogens is 3. The topological polar surface area (TPSA) is 42.4 Å². The molecule has 138 valence electrons. The highest BCUT2D eigenvalue weighted by Crippen LogP contribution is 2.47. The lowest BCUT2D eigenvalue weighted by atomic mass is 9.89. The van der Waals surface area contributed by atoms with Crippen molar-refractivity contribution in [2.45, 2.75) is 12.0 Å². The van der Waals surface area contributed by atoms with Gasteiger partial charge in [-0.1, -0.05) is 29.3 Å². The van der Waals surface area contributed by atoms with Crippen molar-refractivity contribution in [1.82, 2.24) is 4.98 Å². The zero-order valence-electron chi connectivity index (χ0n) is 13.9.